The van der Waals surface area contributed by atoms with Crippen molar-refractivity contribution in [2.45, 2.75) is 38.6 Å². The molecule has 1 aliphatic rings. The minimum Gasteiger partial charge on any atom is -0.395 e. The Morgan fingerprint density at radius 3 is 3.05 bits per heavy atom. The molecule has 4 heteroatoms. The first-order valence-corrected chi connectivity index (χ1v) is 7.07. The van der Waals surface area contributed by atoms with E-state index in [-0.39, 0.29) is 18.6 Å². The van der Waals surface area contributed by atoms with E-state index in [0.717, 1.165) is 0 Å². The van der Waals surface area contributed by atoms with Gasteiger partial charge in [-0.25, -0.2) is 0 Å². The SMILES string of the molecule is CC(NC(=O)c1ccncc1C#CCCO)C1CCC1. The zero-order valence-electron chi connectivity index (χ0n) is 11.7. The van der Waals surface area contributed by atoms with Crippen molar-refractivity contribution in [3.8, 4) is 11.8 Å². The lowest BCUT2D eigenvalue weighted by Crippen LogP contribution is -2.40. The summed E-state index contributed by atoms with van der Waals surface area (Å²) in [4.78, 5) is 16.3. The number of aliphatic hydroxyl groups excluding tert-OH is 1. The van der Waals surface area contributed by atoms with Crippen LogP contribution in [0, 0.1) is 17.8 Å². The van der Waals surface area contributed by atoms with E-state index in [1.165, 1.54) is 19.3 Å². The summed E-state index contributed by atoms with van der Waals surface area (Å²) in [5.74, 6) is 6.22. The highest BCUT2D eigenvalue weighted by Gasteiger charge is 2.25. The first-order chi connectivity index (χ1) is 9.72. The number of aliphatic hydroxyl groups is 1. The van der Waals surface area contributed by atoms with Crippen molar-refractivity contribution < 1.29 is 9.90 Å². The normalized spacial score (nSPS) is 15.7. The van der Waals surface area contributed by atoms with Crippen LogP contribution in [0.5, 0.6) is 0 Å². The van der Waals surface area contributed by atoms with E-state index in [0.29, 0.717) is 23.5 Å². The number of carbonyl (C=O) groups excluding carboxylic acids is 1. The molecule has 1 aromatic rings. The topological polar surface area (TPSA) is 62.2 Å². The van der Waals surface area contributed by atoms with Crippen LogP contribution in [0.1, 0.15) is 48.5 Å². The van der Waals surface area contributed by atoms with E-state index < -0.39 is 0 Å². The molecule has 20 heavy (non-hydrogen) atoms. The van der Waals surface area contributed by atoms with Crippen LogP contribution in [0.2, 0.25) is 0 Å². The van der Waals surface area contributed by atoms with Gasteiger partial charge in [0.15, 0.2) is 0 Å². The molecule has 0 radical (unpaired) electrons. The molecular weight excluding hydrogens is 252 g/mol. The molecule has 1 aromatic heterocycles. The van der Waals surface area contributed by atoms with Gasteiger partial charge in [0.1, 0.15) is 0 Å². The fraction of sp³-hybridized carbons (Fsp3) is 0.500. The molecule has 0 aliphatic heterocycles. The van der Waals surface area contributed by atoms with E-state index >= 15 is 0 Å². The lowest BCUT2D eigenvalue weighted by molar-refractivity contribution is 0.0909. The van der Waals surface area contributed by atoms with Gasteiger partial charge in [-0.1, -0.05) is 18.3 Å². The van der Waals surface area contributed by atoms with Crippen molar-refractivity contribution in [2.24, 2.45) is 5.92 Å². The Morgan fingerprint density at radius 2 is 2.40 bits per heavy atom. The average molecular weight is 272 g/mol. The largest absolute Gasteiger partial charge is 0.395 e. The van der Waals surface area contributed by atoms with Gasteiger partial charge in [0.2, 0.25) is 0 Å². The molecule has 1 heterocycles. The molecule has 1 atom stereocenters. The monoisotopic (exact) mass is 272 g/mol. The molecule has 0 saturated heterocycles. The minimum absolute atomic E-state index is 0.0213. The zero-order valence-corrected chi connectivity index (χ0v) is 11.7. The Hall–Kier alpha value is -1.86. The summed E-state index contributed by atoms with van der Waals surface area (Å²) >= 11 is 0. The summed E-state index contributed by atoms with van der Waals surface area (Å²) < 4.78 is 0. The Morgan fingerprint density at radius 1 is 1.60 bits per heavy atom. The second-order valence-electron chi connectivity index (χ2n) is 5.15. The Bertz CT molecular complexity index is 527. The van der Waals surface area contributed by atoms with Crippen LogP contribution in [0.4, 0.5) is 0 Å². The van der Waals surface area contributed by atoms with Gasteiger partial charge in [-0.15, -0.1) is 0 Å². The van der Waals surface area contributed by atoms with Crippen LogP contribution in [0.3, 0.4) is 0 Å². The molecule has 0 spiro atoms. The number of hydrogen-bond donors (Lipinski definition) is 2. The average Bonchev–Trinajstić information content (AvgIpc) is 2.37. The van der Waals surface area contributed by atoms with Gasteiger partial charge in [-0.2, -0.15) is 0 Å². The van der Waals surface area contributed by atoms with Crippen molar-refractivity contribution in [1.29, 1.82) is 0 Å². The minimum atomic E-state index is -0.0971. The summed E-state index contributed by atoms with van der Waals surface area (Å²) in [7, 11) is 0. The molecular formula is C16H20N2O2. The highest BCUT2D eigenvalue weighted by Crippen LogP contribution is 2.29. The van der Waals surface area contributed by atoms with Crippen molar-refractivity contribution >= 4 is 5.91 Å². The van der Waals surface area contributed by atoms with Gasteiger partial charge >= 0.3 is 0 Å². The van der Waals surface area contributed by atoms with Crippen LogP contribution in [-0.2, 0) is 0 Å². The smallest absolute Gasteiger partial charge is 0.252 e. The number of amides is 1. The number of nitrogens with one attached hydrogen (secondary N) is 1. The van der Waals surface area contributed by atoms with Gasteiger partial charge in [0.25, 0.3) is 5.91 Å². The van der Waals surface area contributed by atoms with Crippen molar-refractivity contribution in [1.82, 2.24) is 10.3 Å². The molecule has 2 N–H and O–H groups in total. The maximum atomic E-state index is 12.3. The molecule has 106 valence electrons. The molecule has 2 rings (SSSR count). The van der Waals surface area contributed by atoms with Gasteiger partial charge in [-0.05, 0) is 31.7 Å². The number of carbonyl (C=O) groups is 1. The highest BCUT2D eigenvalue weighted by molar-refractivity contribution is 5.96. The maximum absolute atomic E-state index is 12.3. The summed E-state index contributed by atoms with van der Waals surface area (Å²) in [6.45, 7) is 2.08. The quantitative estimate of drug-likeness (QED) is 0.821. The van der Waals surface area contributed by atoms with E-state index in [1.54, 1.807) is 18.5 Å². The van der Waals surface area contributed by atoms with Crippen LogP contribution in [0.25, 0.3) is 0 Å². The van der Waals surface area contributed by atoms with E-state index in [1.807, 2.05) is 0 Å². The van der Waals surface area contributed by atoms with Crippen molar-refractivity contribution in [3.63, 3.8) is 0 Å². The van der Waals surface area contributed by atoms with E-state index in [9.17, 15) is 4.79 Å². The highest BCUT2D eigenvalue weighted by atomic mass is 16.2. The molecule has 1 amide bonds. The molecule has 0 bridgehead atoms. The second-order valence-corrected chi connectivity index (χ2v) is 5.15. The fourth-order valence-corrected chi connectivity index (χ4v) is 2.25. The molecule has 0 aromatic carbocycles. The number of rotatable bonds is 4. The first kappa shape index (κ1) is 14.5. The van der Waals surface area contributed by atoms with Crippen LogP contribution in [0.15, 0.2) is 18.5 Å². The third-order valence-corrected chi connectivity index (χ3v) is 3.74. The van der Waals surface area contributed by atoms with Crippen LogP contribution >= 0.6 is 0 Å². The lowest BCUT2D eigenvalue weighted by atomic mass is 9.80. The number of hydrogen-bond acceptors (Lipinski definition) is 3. The Labute approximate surface area is 119 Å². The van der Waals surface area contributed by atoms with Gasteiger partial charge in [-0.3, -0.25) is 9.78 Å². The van der Waals surface area contributed by atoms with Gasteiger partial charge < -0.3 is 10.4 Å². The molecule has 1 saturated carbocycles. The van der Waals surface area contributed by atoms with Gasteiger partial charge in [0, 0.05) is 24.9 Å². The van der Waals surface area contributed by atoms with Crippen molar-refractivity contribution in [3.05, 3.63) is 29.6 Å². The van der Waals surface area contributed by atoms with Crippen molar-refractivity contribution in [2.75, 3.05) is 6.61 Å². The van der Waals surface area contributed by atoms with E-state index in [2.05, 4.69) is 29.1 Å². The lowest BCUT2D eigenvalue weighted by Gasteiger charge is -2.31. The summed E-state index contributed by atoms with van der Waals surface area (Å²) in [5, 5.41) is 11.8. The van der Waals surface area contributed by atoms with Gasteiger partial charge in [0.05, 0.1) is 17.7 Å². The molecule has 1 unspecified atom stereocenters. The molecule has 1 aliphatic carbocycles. The Kier molecular flexibility index (Phi) is 5.14. The second kappa shape index (κ2) is 7.06. The summed E-state index contributed by atoms with van der Waals surface area (Å²) in [6, 6.07) is 1.88. The number of nitrogens with zero attached hydrogens (tertiary/aromatic N) is 1. The molecule has 4 nitrogen and oxygen atoms in total. The maximum Gasteiger partial charge on any atom is 0.252 e. The fourth-order valence-electron chi connectivity index (χ4n) is 2.25. The third-order valence-electron chi connectivity index (χ3n) is 3.74. The predicted octanol–water partition coefficient (Wildman–Crippen LogP) is 1.73. The standard InChI is InChI=1S/C16H20N2O2/c1-12(13-6-4-7-13)18-16(20)15-8-9-17-11-14(15)5-2-3-10-19/h8-9,11-13,19H,3-4,6-7,10H2,1H3,(H,18,20). The summed E-state index contributed by atoms with van der Waals surface area (Å²) in [6.07, 6.45) is 7.24. The zero-order chi connectivity index (χ0) is 14.4. The number of pyridine rings is 1. The predicted molar refractivity (Wildman–Crippen MR) is 77.1 cm³/mol. The van der Waals surface area contributed by atoms with Crippen LogP contribution in [-0.4, -0.2) is 28.6 Å². The van der Waals surface area contributed by atoms with E-state index in [4.69, 9.17) is 5.11 Å². The first-order valence-electron chi connectivity index (χ1n) is 7.07. The number of aromatic nitrogens is 1. The Balaban J connectivity index is 2.07. The molecule has 1 fully saturated rings. The summed E-state index contributed by atoms with van der Waals surface area (Å²) in [5.41, 5.74) is 1.16. The third kappa shape index (κ3) is 3.58. The van der Waals surface area contributed by atoms with Crippen LogP contribution < -0.4 is 5.32 Å².